The molecule has 3 amide bonds. The van der Waals surface area contributed by atoms with Crippen molar-refractivity contribution in [2.75, 3.05) is 63.7 Å². The van der Waals surface area contributed by atoms with Gasteiger partial charge in [-0.3, -0.25) is 9.69 Å². The van der Waals surface area contributed by atoms with E-state index >= 15 is 0 Å². The summed E-state index contributed by atoms with van der Waals surface area (Å²) in [5.74, 6) is -0.246. The summed E-state index contributed by atoms with van der Waals surface area (Å²) in [6, 6.07) is 6.67. The molecule has 0 bridgehead atoms. The van der Waals surface area contributed by atoms with E-state index in [4.69, 9.17) is 9.47 Å². The second kappa shape index (κ2) is 9.86. The van der Waals surface area contributed by atoms with Gasteiger partial charge in [0.15, 0.2) is 0 Å². The summed E-state index contributed by atoms with van der Waals surface area (Å²) in [6.07, 6.45) is 0. The molecule has 0 radical (unpaired) electrons. The molecular formula is C16H24N4O4. The van der Waals surface area contributed by atoms with Crippen LogP contribution in [0.25, 0.3) is 0 Å². The molecule has 3 N–H and O–H groups in total. The number of carbonyl (C=O) groups excluding carboxylic acids is 2. The summed E-state index contributed by atoms with van der Waals surface area (Å²) in [4.78, 5) is 25.7. The number of nitrogens with zero attached hydrogens (tertiary/aromatic N) is 1. The first-order valence-corrected chi connectivity index (χ1v) is 7.91. The highest BCUT2D eigenvalue weighted by Gasteiger charge is 2.10. The molecule has 132 valence electrons. The van der Waals surface area contributed by atoms with Gasteiger partial charge in [0.2, 0.25) is 5.91 Å². The number of rotatable bonds is 7. The molecule has 1 aromatic rings. The highest BCUT2D eigenvalue weighted by Crippen LogP contribution is 2.14. The van der Waals surface area contributed by atoms with Gasteiger partial charge in [0.1, 0.15) is 6.61 Å². The van der Waals surface area contributed by atoms with Gasteiger partial charge in [-0.15, -0.1) is 0 Å². The Kier molecular flexibility index (Phi) is 7.47. The molecule has 0 unspecified atom stereocenters. The second-order valence-corrected chi connectivity index (χ2v) is 5.40. The minimum atomic E-state index is -0.274. The molecule has 1 aromatic carbocycles. The summed E-state index contributed by atoms with van der Waals surface area (Å²) in [5.41, 5.74) is 1.21. The van der Waals surface area contributed by atoms with Gasteiger partial charge in [-0.1, -0.05) is 6.07 Å². The summed E-state index contributed by atoms with van der Waals surface area (Å²) < 4.78 is 10.0. The van der Waals surface area contributed by atoms with E-state index in [0.29, 0.717) is 17.9 Å². The lowest BCUT2D eigenvalue weighted by Gasteiger charge is -2.26. The fourth-order valence-corrected chi connectivity index (χ4v) is 2.33. The third kappa shape index (κ3) is 6.53. The molecule has 8 heteroatoms. The Morgan fingerprint density at radius 3 is 2.62 bits per heavy atom. The van der Waals surface area contributed by atoms with Crippen LogP contribution in [0.15, 0.2) is 24.3 Å². The van der Waals surface area contributed by atoms with Crippen molar-refractivity contribution < 1.29 is 19.1 Å². The van der Waals surface area contributed by atoms with Crippen LogP contribution in [0.2, 0.25) is 0 Å². The molecule has 1 aliphatic heterocycles. The largest absolute Gasteiger partial charge is 0.379 e. The number of ether oxygens (including phenoxy) is 2. The molecule has 1 aliphatic rings. The molecule has 0 saturated carbocycles. The van der Waals surface area contributed by atoms with E-state index < -0.39 is 0 Å². The number of anilines is 2. The lowest BCUT2D eigenvalue weighted by Crippen LogP contribution is -2.42. The molecule has 1 heterocycles. The van der Waals surface area contributed by atoms with E-state index in [2.05, 4.69) is 20.9 Å². The summed E-state index contributed by atoms with van der Waals surface area (Å²) in [7, 11) is 1.46. The monoisotopic (exact) mass is 336 g/mol. The first-order chi connectivity index (χ1) is 11.7. The Bertz CT molecular complexity index is 547. The molecular weight excluding hydrogens is 312 g/mol. The molecule has 8 nitrogen and oxygen atoms in total. The fraction of sp³-hybridized carbons (Fsp3) is 0.500. The molecule has 24 heavy (non-hydrogen) atoms. The second-order valence-electron chi connectivity index (χ2n) is 5.40. The smallest absolute Gasteiger partial charge is 0.319 e. The zero-order chi connectivity index (χ0) is 17.2. The van der Waals surface area contributed by atoms with E-state index in [-0.39, 0.29) is 18.5 Å². The van der Waals surface area contributed by atoms with Crippen LogP contribution in [0.5, 0.6) is 0 Å². The number of amides is 3. The van der Waals surface area contributed by atoms with Gasteiger partial charge in [-0.2, -0.15) is 0 Å². The average molecular weight is 336 g/mol. The molecule has 0 aliphatic carbocycles. The van der Waals surface area contributed by atoms with E-state index in [9.17, 15) is 9.59 Å². The highest BCUT2D eigenvalue weighted by molar-refractivity contribution is 5.94. The number of hydrogen-bond acceptors (Lipinski definition) is 5. The topological polar surface area (TPSA) is 91.9 Å². The van der Waals surface area contributed by atoms with Crippen molar-refractivity contribution in [3.63, 3.8) is 0 Å². The SMILES string of the molecule is COCC(=O)Nc1cccc(NC(=O)NCCN2CCOCC2)c1. The van der Waals surface area contributed by atoms with Gasteiger partial charge in [0.25, 0.3) is 0 Å². The Morgan fingerprint density at radius 2 is 1.92 bits per heavy atom. The highest BCUT2D eigenvalue weighted by atomic mass is 16.5. The van der Waals surface area contributed by atoms with Crippen LogP contribution in [0, 0.1) is 0 Å². The van der Waals surface area contributed by atoms with E-state index in [1.54, 1.807) is 24.3 Å². The molecule has 1 fully saturated rings. The zero-order valence-corrected chi connectivity index (χ0v) is 13.8. The van der Waals surface area contributed by atoms with Crippen LogP contribution in [0.3, 0.4) is 0 Å². The lowest BCUT2D eigenvalue weighted by molar-refractivity contribution is -0.119. The quantitative estimate of drug-likeness (QED) is 0.683. The van der Waals surface area contributed by atoms with Gasteiger partial charge < -0.3 is 25.4 Å². The maximum absolute atomic E-state index is 11.9. The molecule has 0 atom stereocenters. The predicted octanol–water partition coefficient (Wildman–Crippen LogP) is 0.725. The van der Waals surface area contributed by atoms with Crippen molar-refractivity contribution in [1.82, 2.24) is 10.2 Å². The Hall–Kier alpha value is -2.16. The van der Waals surface area contributed by atoms with Gasteiger partial charge in [0.05, 0.1) is 13.2 Å². The van der Waals surface area contributed by atoms with E-state index in [0.717, 1.165) is 32.8 Å². The number of hydrogen-bond donors (Lipinski definition) is 3. The van der Waals surface area contributed by atoms with Crippen molar-refractivity contribution in [2.24, 2.45) is 0 Å². The fourth-order valence-electron chi connectivity index (χ4n) is 2.33. The number of benzene rings is 1. The van der Waals surface area contributed by atoms with Crippen molar-refractivity contribution in [2.45, 2.75) is 0 Å². The zero-order valence-electron chi connectivity index (χ0n) is 13.8. The van der Waals surface area contributed by atoms with Crippen molar-refractivity contribution in [1.29, 1.82) is 0 Å². The standard InChI is InChI=1S/C16H24N4O4/c1-23-12-15(21)18-13-3-2-4-14(11-13)19-16(22)17-5-6-20-7-9-24-10-8-20/h2-4,11H,5-10,12H2,1H3,(H,18,21)(H2,17,19,22). The number of nitrogens with one attached hydrogen (secondary N) is 3. The summed E-state index contributed by atoms with van der Waals surface area (Å²) >= 11 is 0. The van der Waals surface area contributed by atoms with Crippen LogP contribution in [-0.4, -0.2) is 69.9 Å². The van der Waals surface area contributed by atoms with Crippen LogP contribution < -0.4 is 16.0 Å². The molecule has 1 saturated heterocycles. The maximum Gasteiger partial charge on any atom is 0.319 e. The molecule has 0 aromatic heterocycles. The van der Waals surface area contributed by atoms with Crippen LogP contribution >= 0.6 is 0 Å². The summed E-state index contributed by atoms with van der Waals surface area (Å²) in [5, 5.41) is 8.26. The minimum absolute atomic E-state index is 0.0142. The Labute approximate surface area is 141 Å². The first kappa shape index (κ1) is 18.2. The number of carbonyl (C=O) groups is 2. The maximum atomic E-state index is 11.9. The number of methoxy groups -OCH3 is 1. The van der Waals surface area contributed by atoms with Crippen LogP contribution in [-0.2, 0) is 14.3 Å². The Balaban J connectivity index is 1.73. The normalized spacial score (nSPS) is 14.9. The van der Waals surface area contributed by atoms with Crippen molar-refractivity contribution in [3.05, 3.63) is 24.3 Å². The lowest BCUT2D eigenvalue weighted by atomic mass is 10.2. The third-order valence-corrected chi connectivity index (χ3v) is 3.50. The number of urea groups is 1. The van der Waals surface area contributed by atoms with Crippen LogP contribution in [0.4, 0.5) is 16.2 Å². The van der Waals surface area contributed by atoms with Gasteiger partial charge in [-0.05, 0) is 18.2 Å². The number of morpholine rings is 1. The molecule has 2 rings (SSSR count). The van der Waals surface area contributed by atoms with Gasteiger partial charge in [0, 0.05) is 44.7 Å². The summed E-state index contributed by atoms with van der Waals surface area (Å²) in [6.45, 7) is 4.63. The van der Waals surface area contributed by atoms with Crippen molar-refractivity contribution >= 4 is 23.3 Å². The van der Waals surface area contributed by atoms with Crippen LogP contribution in [0.1, 0.15) is 0 Å². The molecule has 0 spiro atoms. The van der Waals surface area contributed by atoms with Gasteiger partial charge in [-0.25, -0.2) is 4.79 Å². The predicted molar refractivity (Wildman–Crippen MR) is 91.2 cm³/mol. The van der Waals surface area contributed by atoms with Gasteiger partial charge >= 0.3 is 6.03 Å². The third-order valence-electron chi connectivity index (χ3n) is 3.50. The van der Waals surface area contributed by atoms with E-state index in [1.165, 1.54) is 7.11 Å². The minimum Gasteiger partial charge on any atom is -0.379 e. The van der Waals surface area contributed by atoms with Crippen molar-refractivity contribution in [3.8, 4) is 0 Å². The Morgan fingerprint density at radius 1 is 1.21 bits per heavy atom. The van der Waals surface area contributed by atoms with E-state index in [1.807, 2.05) is 0 Å². The first-order valence-electron chi connectivity index (χ1n) is 7.91. The average Bonchev–Trinajstić information content (AvgIpc) is 2.56.